The molecular formula is C17H18ClNO5. The molecule has 0 saturated heterocycles. The van der Waals surface area contributed by atoms with E-state index in [1.54, 1.807) is 19.9 Å². The first-order valence-electron chi connectivity index (χ1n) is 7.21. The summed E-state index contributed by atoms with van der Waals surface area (Å²) in [7, 11) is 2.52. The van der Waals surface area contributed by atoms with Crippen molar-refractivity contribution in [3.63, 3.8) is 0 Å². The van der Waals surface area contributed by atoms with Crippen LogP contribution in [0.1, 0.15) is 25.5 Å². The second-order valence-corrected chi connectivity index (χ2v) is 5.85. The summed E-state index contributed by atoms with van der Waals surface area (Å²) in [6.07, 6.45) is 0. The van der Waals surface area contributed by atoms with Gasteiger partial charge in [-0.2, -0.15) is 0 Å². The van der Waals surface area contributed by atoms with Crippen LogP contribution in [0.4, 0.5) is 0 Å². The van der Waals surface area contributed by atoms with Crippen LogP contribution in [-0.4, -0.2) is 37.0 Å². The number of dihydropyridines is 1. The number of aliphatic imine (C=N–C) groups is 1. The first-order chi connectivity index (χ1) is 11.3. The van der Waals surface area contributed by atoms with Crippen LogP contribution in [0.3, 0.4) is 0 Å². The van der Waals surface area contributed by atoms with Crippen LogP contribution >= 0.6 is 11.6 Å². The Morgan fingerprint density at radius 1 is 1.21 bits per heavy atom. The normalized spacial score (nSPS) is 20.5. The lowest BCUT2D eigenvalue weighted by molar-refractivity contribution is -0.144. The molecule has 1 aromatic rings. The summed E-state index contributed by atoms with van der Waals surface area (Å²) < 4.78 is 9.65. The molecule has 1 aliphatic rings. The lowest BCUT2D eigenvalue weighted by Crippen LogP contribution is -2.32. The van der Waals surface area contributed by atoms with Crippen LogP contribution in [0.5, 0.6) is 5.75 Å². The highest BCUT2D eigenvalue weighted by Gasteiger charge is 2.40. The third-order valence-electron chi connectivity index (χ3n) is 4.02. The van der Waals surface area contributed by atoms with Crippen LogP contribution < -0.4 is 0 Å². The molecule has 0 fully saturated rings. The monoisotopic (exact) mass is 351 g/mol. The highest BCUT2D eigenvalue weighted by atomic mass is 35.5. The Balaban J connectivity index is 2.65. The number of phenolic OH excluding ortho intramolecular Hbond substituents is 1. The average Bonchev–Trinajstić information content (AvgIpc) is 2.55. The van der Waals surface area contributed by atoms with E-state index in [-0.39, 0.29) is 11.3 Å². The quantitative estimate of drug-likeness (QED) is 0.846. The zero-order valence-electron chi connectivity index (χ0n) is 13.8. The first kappa shape index (κ1) is 18.0. The fourth-order valence-corrected chi connectivity index (χ4v) is 3.06. The molecule has 1 N–H and O–H groups in total. The van der Waals surface area contributed by atoms with Gasteiger partial charge in [-0.15, -0.1) is 0 Å². The molecular weight excluding hydrogens is 334 g/mol. The predicted octanol–water partition coefficient (Wildman–Crippen LogP) is 2.84. The molecule has 0 amide bonds. The fourth-order valence-electron chi connectivity index (χ4n) is 2.88. The van der Waals surface area contributed by atoms with Crippen LogP contribution in [0.2, 0.25) is 5.02 Å². The van der Waals surface area contributed by atoms with Gasteiger partial charge < -0.3 is 14.6 Å². The Kier molecular flexibility index (Phi) is 5.29. The molecule has 2 rings (SSSR count). The van der Waals surface area contributed by atoms with E-state index >= 15 is 0 Å². The Bertz CT molecular complexity index is 753. The van der Waals surface area contributed by atoms with Crippen LogP contribution in [0, 0.1) is 5.92 Å². The van der Waals surface area contributed by atoms with Crippen LogP contribution in [0.25, 0.3) is 0 Å². The van der Waals surface area contributed by atoms with Crippen molar-refractivity contribution in [2.24, 2.45) is 10.9 Å². The fraction of sp³-hybridized carbons (Fsp3) is 0.353. The molecule has 24 heavy (non-hydrogen) atoms. The van der Waals surface area contributed by atoms with E-state index in [2.05, 4.69) is 4.99 Å². The van der Waals surface area contributed by atoms with Gasteiger partial charge in [0.25, 0.3) is 0 Å². The van der Waals surface area contributed by atoms with Crippen molar-refractivity contribution < 1.29 is 24.2 Å². The molecule has 0 aliphatic carbocycles. The average molecular weight is 352 g/mol. The highest BCUT2D eigenvalue weighted by Crippen LogP contribution is 2.42. The highest BCUT2D eigenvalue weighted by molar-refractivity contribution is 6.30. The summed E-state index contributed by atoms with van der Waals surface area (Å²) in [6.45, 7) is 3.30. The van der Waals surface area contributed by atoms with E-state index in [0.717, 1.165) is 0 Å². The van der Waals surface area contributed by atoms with E-state index in [4.69, 9.17) is 21.1 Å². The summed E-state index contributed by atoms with van der Waals surface area (Å²) in [5, 5.41) is 10.6. The van der Waals surface area contributed by atoms with Gasteiger partial charge in [-0.3, -0.25) is 9.79 Å². The number of carbonyl (C=O) groups excluding carboxylic acids is 2. The summed E-state index contributed by atoms with van der Waals surface area (Å²) >= 11 is 6.01. The Morgan fingerprint density at radius 3 is 2.46 bits per heavy atom. The number of hydrogen-bond donors (Lipinski definition) is 1. The van der Waals surface area contributed by atoms with E-state index in [9.17, 15) is 14.7 Å². The number of carbonyl (C=O) groups is 2. The zero-order valence-corrected chi connectivity index (χ0v) is 14.5. The standard InChI is InChI=1S/C17H18ClNO5/c1-8-13(16(21)23-3)9(2)19-15(14(8)17(22)24-4)11-7-10(18)5-6-12(11)20/h5-7,14-15,20H,1-4H3. The SMILES string of the molecule is COC(=O)C1=C(C)C(C(=O)OC)C(c2cc(Cl)ccc2O)N=C1C. The largest absolute Gasteiger partial charge is 0.508 e. The van der Waals surface area contributed by atoms with Crippen molar-refractivity contribution in [2.45, 2.75) is 19.9 Å². The number of nitrogens with zero attached hydrogens (tertiary/aromatic N) is 1. The minimum atomic E-state index is -0.864. The minimum Gasteiger partial charge on any atom is -0.508 e. The number of aromatic hydroxyl groups is 1. The number of rotatable bonds is 3. The molecule has 0 spiro atoms. The number of esters is 2. The summed E-state index contributed by atoms with van der Waals surface area (Å²) in [5.74, 6) is -2.03. The van der Waals surface area contributed by atoms with Gasteiger partial charge in [0.1, 0.15) is 11.7 Å². The molecule has 0 aromatic heterocycles. The summed E-state index contributed by atoms with van der Waals surface area (Å²) in [5.41, 5.74) is 1.53. The molecule has 6 nitrogen and oxygen atoms in total. The second kappa shape index (κ2) is 7.05. The molecule has 0 saturated carbocycles. The van der Waals surface area contributed by atoms with Gasteiger partial charge in [0, 0.05) is 16.3 Å². The van der Waals surface area contributed by atoms with E-state index in [0.29, 0.717) is 21.9 Å². The Labute approximate surface area is 144 Å². The maximum atomic E-state index is 12.3. The summed E-state index contributed by atoms with van der Waals surface area (Å²) in [6, 6.07) is 3.77. The molecule has 128 valence electrons. The van der Waals surface area contributed by atoms with Gasteiger partial charge in [-0.25, -0.2) is 4.79 Å². The Morgan fingerprint density at radius 2 is 1.88 bits per heavy atom. The predicted molar refractivity (Wildman–Crippen MR) is 89.2 cm³/mol. The van der Waals surface area contributed by atoms with E-state index in [1.807, 2.05) is 0 Å². The number of ether oxygens (including phenoxy) is 2. The molecule has 0 bridgehead atoms. The van der Waals surface area contributed by atoms with E-state index in [1.165, 1.54) is 26.4 Å². The topological polar surface area (TPSA) is 85.2 Å². The van der Waals surface area contributed by atoms with Crippen LogP contribution in [-0.2, 0) is 19.1 Å². The first-order valence-corrected chi connectivity index (χ1v) is 7.59. The Hall–Kier alpha value is -2.34. The molecule has 2 unspecified atom stereocenters. The number of benzene rings is 1. The molecule has 2 atom stereocenters. The van der Waals surface area contributed by atoms with E-state index < -0.39 is 23.9 Å². The van der Waals surface area contributed by atoms with Gasteiger partial charge >= 0.3 is 11.9 Å². The van der Waals surface area contributed by atoms with Gasteiger partial charge in [-0.1, -0.05) is 11.6 Å². The van der Waals surface area contributed by atoms with Crippen molar-refractivity contribution in [1.29, 1.82) is 0 Å². The molecule has 1 aromatic carbocycles. The maximum Gasteiger partial charge on any atom is 0.339 e. The number of halogens is 1. The number of hydrogen-bond acceptors (Lipinski definition) is 6. The molecule has 0 radical (unpaired) electrons. The molecule has 7 heteroatoms. The van der Waals surface area contributed by atoms with Gasteiger partial charge in [0.15, 0.2) is 0 Å². The zero-order chi connectivity index (χ0) is 18.0. The number of methoxy groups -OCH3 is 2. The van der Waals surface area contributed by atoms with Crippen molar-refractivity contribution >= 4 is 29.3 Å². The third kappa shape index (κ3) is 3.14. The van der Waals surface area contributed by atoms with Crippen molar-refractivity contribution in [2.75, 3.05) is 14.2 Å². The van der Waals surface area contributed by atoms with Crippen molar-refractivity contribution in [3.05, 3.63) is 39.9 Å². The smallest absolute Gasteiger partial charge is 0.339 e. The molecule has 1 heterocycles. The van der Waals surface area contributed by atoms with Crippen LogP contribution in [0.15, 0.2) is 34.3 Å². The minimum absolute atomic E-state index is 0.0378. The lowest BCUT2D eigenvalue weighted by atomic mass is 9.81. The second-order valence-electron chi connectivity index (χ2n) is 5.41. The molecule has 1 aliphatic heterocycles. The van der Waals surface area contributed by atoms with Crippen molar-refractivity contribution in [1.82, 2.24) is 0 Å². The lowest BCUT2D eigenvalue weighted by Gasteiger charge is -2.30. The number of phenols is 1. The maximum absolute atomic E-state index is 12.3. The van der Waals surface area contributed by atoms with Gasteiger partial charge in [-0.05, 0) is 37.6 Å². The van der Waals surface area contributed by atoms with Gasteiger partial charge in [0.05, 0.1) is 25.8 Å². The summed E-state index contributed by atoms with van der Waals surface area (Å²) in [4.78, 5) is 28.8. The third-order valence-corrected chi connectivity index (χ3v) is 4.26. The van der Waals surface area contributed by atoms with Crippen molar-refractivity contribution in [3.8, 4) is 5.75 Å². The van der Waals surface area contributed by atoms with Gasteiger partial charge in [0.2, 0.25) is 0 Å².